The van der Waals surface area contributed by atoms with Crippen molar-refractivity contribution in [1.29, 1.82) is 0 Å². The van der Waals surface area contributed by atoms with E-state index < -0.39 is 6.10 Å². The molecular formula is C19H27NO4. The minimum absolute atomic E-state index is 0.295. The van der Waals surface area contributed by atoms with Gasteiger partial charge in [-0.2, -0.15) is 0 Å². The minimum atomic E-state index is -0.523. The van der Waals surface area contributed by atoms with Crippen molar-refractivity contribution in [2.45, 2.75) is 32.6 Å². The number of aliphatic hydroxyl groups is 1. The van der Waals surface area contributed by atoms with Gasteiger partial charge in [0.25, 0.3) is 0 Å². The van der Waals surface area contributed by atoms with Gasteiger partial charge in [-0.15, -0.1) is 0 Å². The predicted molar refractivity (Wildman–Crippen MR) is 92.9 cm³/mol. The second kappa shape index (κ2) is 10.1. The molecule has 0 saturated heterocycles. The molecule has 0 aliphatic heterocycles. The molecular weight excluding hydrogens is 306 g/mol. The zero-order chi connectivity index (χ0) is 17.2. The molecule has 1 unspecified atom stereocenters. The van der Waals surface area contributed by atoms with Crippen LogP contribution in [0.3, 0.4) is 0 Å². The van der Waals surface area contributed by atoms with Crippen LogP contribution in [0.15, 0.2) is 47.1 Å². The molecule has 0 radical (unpaired) electrons. The third-order valence-corrected chi connectivity index (χ3v) is 3.71. The van der Waals surface area contributed by atoms with E-state index in [1.165, 1.54) is 5.56 Å². The molecule has 0 saturated carbocycles. The Bertz CT molecular complexity index is 553. The van der Waals surface area contributed by atoms with Crippen molar-refractivity contribution in [3.8, 4) is 5.75 Å². The van der Waals surface area contributed by atoms with Gasteiger partial charge < -0.3 is 19.0 Å². The van der Waals surface area contributed by atoms with Gasteiger partial charge in [0.2, 0.25) is 0 Å². The van der Waals surface area contributed by atoms with E-state index in [-0.39, 0.29) is 0 Å². The van der Waals surface area contributed by atoms with Gasteiger partial charge >= 0.3 is 0 Å². The van der Waals surface area contributed by atoms with Crippen LogP contribution >= 0.6 is 0 Å². The van der Waals surface area contributed by atoms with Crippen molar-refractivity contribution in [2.24, 2.45) is 0 Å². The number of ether oxygens (including phenoxy) is 2. The van der Waals surface area contributed by atoms with Crippen LogP contribution in [-0.4, -0.2) is 42.9 Å². The third-order valence-electron chi connectivity index (χ3n) is 3.71. The maximum absolute atomic E-state index is 10.2. The standard InChI is InChI=1S/C19H27NO4/c1-3-10-20(12-16-6-8-18(22-2)9-7-16)13-17(21)14-23-15-19-5-4-11-24-19/h4-9,11,17,21H,3,10,12-15H2,1-2H3. The Morgan fingerprint density at radius 2 is 2.00 bits per heavy atom. The van der Waals surface area contributed by atoms with E-state index in [1.54, 1.807) is 13.4 Å². The Morgan fingerprint density at radius 3 is 2.62 bits per heavy atom. The lowest BCUT2D eigenvalue weighted by molar-refractivity contribution is 0.00387. The Morgan fingerprint density at radius 1 is 1.21 bits per heavy atom. The largest absolute Gasteiger partial charge is 0.497 e. The van der Waals surface area contributed by atoms with E-state index >= 15 is 0 Å². The Kier molecular flexibility index (Phi) is 7.82. The molecule has 2 rings (SSSR count). The lowest BCUT2D eigenvalue weighted by atomic mass is 10.2. The van der Waals surface area contributed by atoms with Crippen LogP contribution in [0.5, 0.6) is 5.75 Å². The zero-order valence-electron chi connectivity index (χ0n) is 14.5. The number of rotatable bonds is 11. The number of hydrogen-bond donors (Lipinski definition) is 1. The number of benzene rings is 1. The van der Waals surface area contributed by atoms with Gasteiger partial charge in [-0.3, -0.25) is 4.90 Å². The highest BCUT2D eigenvalue weighted by atomic mass is 16.5. The van der Waals surface area contributed by atoms with Crippen molar-refractivity contribution >= 4 is 0 Å². The Balaban J connectivity index is 1.78. The summed E-state index contributed by atoms with van der Waals surface area (Å²) in [4.78, 5) is 2.24. The fraction of sp³-hybridized carbons (Fsp3) is 0.474. The summed E-state index contributed by atoms with van der Waals surface area (Å²) < 4.78 is 15.9. The van der Waals surface area contributed by atoms with Crippen LogP contribution in [0.25, 0.3) is 0 Å². The molecule has 2 aromatic rings. The van der Waals surface area contributed by atoms with Crippen LogP contribution in [0.4, 0.5) is 0 Å². The predicted octanol–water partition coefficient (Wildman–Crippen LogP) is 3.08. The summed E-state index contributed by atoms with van der Waals surface area (Å²) >= 11 is 0. The van der Waals surface area contributed by atoms with E-state index in [0.717, 1.165) is 31.0 Å². The SMILES string of the molecule is CCCN(Cc1ccc(OC)cc1)CC(O)COCc1ccco1. The molecule has 0 aliphatic carbocycles. The fourth-order valence-corrected chi connectivity index (χ4v) is 2.58. The van der Waals surface area contributed by atoms with Gasteiger partial charge in [0, 0.05) is 13.1 Å². The Hall–Kier alpha value is -1.82. The van der Waals surface area contributed by atoms with Crippen LogP contribution in [0.2, 0.25) is 0 Å². The minimum Gasteiger partial charge on any atom is -0.497 e. The van der Waals surface area contributed by atoms with E-state index in [0.29, 0.717) is 19.8 Å². The van der Waals surface area contributed by atoms with Crippen molar-refractivity contribution in [3.05, 3.63) is 54.0 Å². The van der Waals surface area contributed by atoms with Gasteiger partial charge in [-0.1, -0.05) is 19.1 Å². The third kappa shape index (κ3) is 6.35. The molecule has 0 spiro atoms. The van der Waals surface area contributed by atoms with Gasteiger partial charge in [-0.05, 0) is 42.8 Å². The summed E-state index contributed by atoms with van der Waals surface area (Å²) in [6.07, 6.45) is 2.13. The number of hydrogen-bond acceptors (Lipinski definition) is 5. The van der Waals surface area contributed by atoms with Crippen LogP contribution < -0.4 is 4.74 Å². The lowest BCUT2D eigenvalue weighted by Gasteiger charge is -2.24. The molecule has 24 heavy (non-hydrogen) atoms. The van der Waals surface area contributed by atoms with Crippen LogP contribution in [0.1, 0.15) is 24.7 Å². The molecule has 1 aromatic heterocycles. The average Bonchev–Trinajstić information content (AvgIpc) is 3.09. The lowest BCUT2D eigenvalue weighted by Crippen LogP contribution is -2.35. The number of nitrogens with zero attached hydrogens (tertiary/aromatic N) is 1. The second-order valence-electron chi connectivity index (χ2n) is 5.83. The first-order valence-electron chi connectivity index (χ1n) is 8.34. The first kappa shape index (κ1) is 18.5. The summed E-state index contributed by atoms with van der Waals surface area (Å²) in [7, 11) is 1.66. The van der Waals surface area contributed by atoms with Gasteiger partial charge in [0.15, 0.2) is 0 Å². The summed E-state index contributed by atoms with van der Waals surface area (Å²) in [5.41, 5.74) is 1.20. The van der Waals surface area contributed by atoms with Crippen LogP contribution in [0, 0.1) is 0 Å². The highest BCUT2D eigenvalue weighted by Gasteiger charge is 2.12. The number of methoxy groups -OCH3 is 1. The van der Waals surface area contributed by atoms with E-state index in [1.807, 2.05) is 24.3 Å². The summed E-state index contributed by atoms with van der Waals surface area (Å²) in [6.45, 7) is 5.13. The van der Waals surface area contributed by atoms with Crippen molar-refractivity contribution in [1.82, 2.24) is 4.90 Å². The number of aliphatic hydroxyl groups excluding tert-OH is 1. The van der Waals surface area contributed by atoms with E-state index in [2.05, 4.69) is 24.0 Å². The van der Waals surface area contributed by atoms with E-state index in [4.69, 9.17) is 13.9 Å². The quantitative estimate of drug-likeness (QED) is 0.685. The van der Waals surface area contributed by atoms with E-state index in [9.17, 15) is 5.11 Å². The summed E-state index contributed by atoms with van der Waals surface area (Å²) in [5.74, 6) is 1.62. The molecule has 0 bridgehead atoms. The number of furan rings is 1. The molecule has 0 aliphatic rings. The maximum atomic E-state index is 10.2. The molecule has 132 valence electrons. The maximum Gasteiger partial charge on any atom is 0.129 e. The zero-order valence-corrected chi connectivity index (χ0v) is 14.5. The van der Waals surface area contributed by atoms with Gasteiger partial charge in [0.1, 0.15) is 18.1 Å². The Labute approximate surface area is 143 Å². The first-order chi connectivity index (χ1) is 11.7. The molecule has 1 aromatic carbocycles. The molecule has 1 heterocycles. The first-order valence-corrected chi connectivity index (χ1v) is 8.34. The molecule has 5 nitrogen and oxygen atoms in total. The second-order valence-corrected chi connectivity index (χ2v) is 5.83. The van der Waals surface area contributed by atoms with Crippen molar-refractivity contribution in [2.75, 3.05) is 26.8 Å². The highest BCUT2D eigenvalue weighted by molar-refractivity contribution is 5.27. The normalized spacial score (nSPS) is 12.5. The molecule has 0 amide bonds. The van der Waals surface area contributed by atoms with Gasteiger partial charge in [-0.25, -0.2) is 0 Å². The summed E-state index contributed by atoms with van der Waals surface area (Å²) in [5, 5.41) is 10.2. The molecule has 1 N–H and O–H groups in total. The molecule has 1 atom stereocenters. The molecule has 0 fully saturated rings. The van der Waals surface area contributed by atoms with Gasteiger partial charge in [0.05, 0.1) is 26.1 Å². The average molecular weight is 333 g/mol. The highest BCUT2D eigenvalue weighted by Crippen LogP contribution is 2.13. The van der Waals surface area contributed by atoms with Crippen LogP contribution in [-0.2, 0) is 17.9 Å². The summed E-state index contributed by atoms with van der Waals surface area (Å²) in [6, 6.07) is 11.7. The fourth-order valence-electron chi connectivity index (χ4n) is 2.58. The monoisotopic (exact) mass is 333 g/mol. The topological polar surface area (TPSA) is 55.1 Å². The van der Waals surface area contributed by atoms with Crippen molar-refractivity contribution in [3.63, 3.8) is 0 Å². The van der Waals surface area contributed by atoms with Crippen molar-refractivity contribution < 1.29 is 19.0 Å². The molecule has 5 heteroatoms. The smallest absolute Gasteiger partial charge is 0.129 e.